The predicted octanol–water partition coefficient (Wildman–Crippen LogP) is 2.64. The molecule has 0 atom stereocenters. The van der Waals surface area contributed by atoms with Gasteiger partial charge in [-0.15, -0.1) is 11.6 Å². The van der Waals surface area contributed by atoms with Crippen molar-refractivity contribution in [3.05, 3.63) is 0 Å². The Morgan fingerprint density at radius 3 is 2.27 bits per heavy atom. The second-order valence-corrected chi connectivity index (χ2v) is 4.52. The van der Waals surface area contributed by atoms with Crippen LogP contribution in [0.25, 0.3) is 0 Å². The highest BCUT2D eigenvalue weighted by Gasteiger charge is 2.16. The minimum Gasteiger partial charge on any atom is -0.314 e. The molecule has 0 aromatic rings. The maximum absolute atomic E-state index is 5.67. The second kappa shape index (κ2) is 5.00. The molecular formula is C9H20ClN. The molecule has 0 amide bonds. The summed E-state index contributed by atoms with van der Waals surface area (Å²) >= 11 is 5.67. The zero-order valence-electron chi connectivity index (χ0n) is 8.08. The Hall–Kier alpha value is 0.250. The summed E-state index contributed by atoms with van der Waals surface area (Å²) in [5.74, 6) is 0.757. The number of halogens is 1. The van der Waals surface area contributed by atoms with Gasteiger partial charge in [-0.2, -0.15) is 0 Å². The van der Waals surface area contributed by atoms with Crippen LogP contribution in [-0.4, -0.2) is 18.5 Å². The quantitative estimate of drug-likeness (QED) is 0.637. The van der Waals surface area contributed by atoms with E-state index in [1.54, 1.807) is 0 Å². The minimum absolute atomic E-state index is 0.339. The van der Waals surface area contributed by atoms with Crippen LogP contribution in [0.2, 0.25) is 0 Å². The van der Waals surface area contributed by atoms with Gasteiger partial charge in [-0.3, -0.25) is 0 Å². The lowest BCUT2D eigenvalue weighted by Gasteiger charge is -2.25. The molecule has 11 heavy (non-hydrogen) atoms. The Kier molecular flexibility index (Phi) is 5.11. The molecule has 0 saturated carbocycles. The molecule has 0 spiro atoms. The van der Waals surface area contributed by atoms with Gasteiger partial charge in [0.2, 0.25) is 0 Å². The normalized spacial score (nSPS) is 12.5. The fraction of sp³-hybridized carbons (Fsp3) is 1.00. The first-order chi connectivity index (χ1) is 4.98. The van der Waals surface area contributed by atoms with Gasteiger partial charge < -0.3 is 5.32 Å². The van der Waals surface area contributed by atoms with Crippen LogP contribution < -0.4 is 5.32 Å². The summed E-state index contributed by atoms with van der Waals surface area (Å²) < 4.78 is 0. The summed E-state index contributed by atoms with van der Waals surface area (Å²) in [6, 6.07) is 0.574. The fourth-order valence-electron chi connectivity index (χ4n) is 0.825. The van der Waals surface area contributed by atoms with Crippen LogP contribution >= 0.6 is 11.6 Å². The van der Waals surface area contributed by atoms with Gasteiger partial charge in [0, 0.05) is 18.5 Å². The SMILES string of the molecule is CC(C)NCC(C)(C)CCCl. The minimum atomic E-state index is 0.339. The predicted molar refractivity (Wildman–Crippen MR) is 52.3 cm³/mol. The van der Waals surface area contributed by atoms with Crippen molar-refractivity contribution in [2.24, 2.45) is 5.41 Å². The van der Waals surface area contributed by atoms with Crippen molar-refractivity contribution in [2.75, 3.05) is 12.4 Å². The van der Waals surface area contributed by atoms with Crippen LogP contribution in [0, 0.1) is 5.41 Å². The zero-order valence-corrected chi connectivity index (χ0v) is 8.83. The lowest BCUT2D eigenvalue weighted by atomic mass is 9.90. The third-order valence-electron chi connectivity index (χ3n) is 1.76. The van der Waals surface area contributed by atoms with E-state index in [1.165, 1.54) is 0 Å². The largest absolute Gasteiger partial charge is 0.314 e. The highest BCUT2D eigenvalue weighted by molar-refractivity contribution is 6.17. The van der Waals surface area contributed by atoms with E-state index in [0.29, 0.717) is 11.5 Å². The number of nitrogens with one attached hydrogen (secondary N) is 1. The van der Waals surface area contributed by atoms with Crippen molar-refractivity contribution in [1.82, 2.24) is 5.32 Å². The van der Waals surface area contributed by atoms with Crippen LogP contribution in [-0.2, 0) is 0 Å². The van der Waals surface area contributed by atoms with Crippen LogP contribution in [0.3, 0.4) is 0 Å². The standard InChI is InChI=1S/C9H20ClN/c1-8(2)11-7-9(3,4)5-6-10/h8,11H,5-7H2,1-4H3. The first-order valence-corrected chi connectivity index (χ1v) is 4.81. The average Bonchev–Trinajstić information content (AvgIpc) is 1.84. The molecule has 2 heteroatoms. The van der Waals surface area contributed by atoms with E-state index in [-0.39, 0.29) is 0 Å². The molecule has 0 heterocycles. The number of alkyl halides is 1. The van der Waals surface area contributed by atoms with Crippen molar-refractivity contribution in [3.63, 3.8) is 0 Å². The van der Waals surface area contributed by atoms with Crippen molar-refractivity contribution in [3.8, 4) is 0 Å². The van der Waals surface area contributed by atoms with Gasteiger partial charge in [0.25, 0.3) is 0 Å². The molecule has 0 fully saturated rings. The van der Waals surface area contributed by atoms with E-state index in [0.717, 1.165) is 18.8 Å². The second-order valence-electron chi connectivity index (χ2n) is 4.14. The summed E-state index contributed by atoms with van der Waals surface area (Å²) in [4.78, 5) is 0. The first-order valence-electron chi connectivity index (χ1n) is 4.27. The highest BCUT2D eigenvalue weighted by atomic mass is 35.5. The highest BCUT2D eigenvalue weighted by Crippen LogP contribution is 2.19. The Labute approximate surface area is 75.5 Å². The van der Waals surface area contributed by atoms with Gasteiger partial charge in [0.05, 0.1) is 0 Å². The topological polar surface area (TPSA) is 12.0 Å². The average molecular weight is 178 g/mol. The van der Waals surface area contributed by atoms with Gasteiger partial charge >= 0.3 is 0 Å². The van der Waals surface area contributed by atoms with Gasteiger partial charge in [-0.1, -0.05) is 27.7 Å². The van der Waals surface area contributed by atoms with Gasteiger partial charge in [0.15, 0.2) is 0 Å². The first kappa shape index (κ1) is 11.2. The van der Waals surface area contributed by atoms with Crippen LogP contribution in [0.15, 0.2) is 0 Å². The van der Waals surface area contributed by atoms with E-state index in [1.807, 2.05) is 0 Å². The van der Waals surface area contributed by atoms with E-state index >= 15 is 0 Å². The summed E-state index contributed by atoms with van der Waals surface area (Å²) in [6.07, 6.45) is 1.08. The molecule has 0 saturated heterocycles. The maximum Gasteiger partial charge on any atom is 0.0229 e. The molecule has 0 aliphatic rings. The summed E-state index contributed by atoms with van der Waals surface area (Å²) in [5, 5.41) is 3.41. The van der Waals surface area contributed by atoms with Crippen molar-refractivity contribution in [1.29, 1.82) is 0 Å². The molecule has 68 valence electrons. The number of rotatable bonds is 5. The molecule has 0 radical (unpaired) electrons. The van der Waals surface area contributed by atoms with Crippen molar-refractivity contribution in [2.45, 2.75) is 40.2 Å². The van der Waals surface area contributed by atoms with Gasteiger partial charge in [-0.25, -0.2) is 0 Å². The molecule has 0 aliphatic carbocycles. The Balaban J connectivity index is 3.54. The zero-order chi connectivity index (χ0) is 8.91. The molecule has 0 aliphatic heterocycles. The summed E-state index contributed by atoms with van der Waals surface area (Å²) in [7, 11) is 0. The van der Waals surface area contributed by atoms with Gasteiger partial charge in [0.1, 0.15) is 0 Å². The van der Waals surface area contributed by atoms with Crippen molar-refractivity contribution >= 4 is 11.6 Å². The van der Waals surface area contributed by atoms with Gasteiger partial charge in [-0.05, 0) is 11.8 Å². The number of hydrogen-bond donors (Lipinski definition) is 1. The molecule has 1 N–H and O–H groups in total. The van der Waals surface area contributed by atoms with Crippen molar-refractivity contribution < 1.29 is 0 Å². The third-order valence-corrected chi connectivity index (χ3v) is 1.95. The fourth-order valence-corrected chi connectivity index (χ4v) is 1.34. The molecule has 0 aromatic heterocycles. The van der Waals surface area contributed by atoms with Crippen LogP contribution in [0.5, 0.6) is 0 Å². The molecule has 1 nitrogen and oxygen atoms in total. The smallest absolute Gasteiger partial charge is 0.0229 e. The Morgan fingerprint density at radius 2 is 1.91 bits per heavy atom. The van der Waals surface area contributed by atoms with Crippen LogP contribution in [0.4, 0.5) is 0 Å². The lowest BCUT2D eigenvalue weighted by Crippen LogP contribution is -2.34. The van der Waals surface area contributed by atoms with E-state index in [9.17, 15) is 0 Å². The maximum atomic E-state index is 5.67. The Morgan fingerprint density at radius 1 is 1.36 bits per heavy atom. The molecule has 0 aromatic carbocycles. The molecule has 0 rings (SSSR count). The molecule has 0 bridgehead atoms. The summed E-state index contributed by atoms with van der Waals surface area (Å²) in [5.41, 5.74) is 0.339. The van der Waals surface area contributed by atoms with Crippen LogP contribution in [0.1, 0.15) is 34.1 Å². The molecular weight excluding hydrogens is 158 g/mol. The number of hydrogen-bond acceptors (Lipinski definition) is 1. The van der Waals surface area contributed by atoms with E-state index in [4.69, 9.17) is 11.6 Å². The molecule has 0 unspecified atom stereocenters. The Bertz CT molecular complexity index is 99.7. The third kappa shape index (κ3) is 6.64. The van der Waals surface area contributed by atoms with E-state index < -0.39 is 0 Å². The van der Waals surface area contributed by atoms with E-state index in [2.05, 4.69) is 33.0 Å². The monoisotopic (exact) mass is 177 g/mol. The lowest BCUT2D eigenvalue weighted by molar-refractivity contribution is 0.318. The summed E-state index contributed by atoms with van der Waals surface area (Å²) in [6.45, 7) is 9.86.